The van der Waals surface area contributed by atoms with Crippen LogP contribution in [0.4, 0.5) is 0 Å². The molecule has 0 amide bonds. The largest absolute Gasteiger partial charge is 0.694 e. The van der Waals surface area contributed by atoms with Crippen LogP contribution in [-0.4, -0.2) is 35.4 Å². The minimum Gasteiger partial charge on any atom is -0.390 e. The van der Waals surface area contributed by atoms with Crippen molar-refractivity contribution in [2.24, 2.45) is 0 Å². The summed E-state index contributed by atoms with van der Waals surface area (Å²) in [6.45, 7) is 0.463. The molecule has 2 unspecified atom stereocenters. The maximum absolute atomic E-state index is 10.1. The van der Waals surface area contributed by atoms with Crippen molar-refractivity contribution >= 4 is 8.25 Å². The summed E-state index contributed by atoms with van der Waals surface area (Å²) in [5.74, 6) is 0. The molecule has 64 valence electrons. The van der Waals surface area contributed by atoms with Gasteiger partial charge in [0.05, 0.1) is 6.10 Å². The third-order valence-corrected chi connectivity index (χ3v) is 1.89. The molecule has 1 heterocycles. The van der Waals surface area contributed by atoms with E-state index in [-0.39, 0.29) is 6.61 Å². The fraction of sp³-hybridized carbons (Fsp3) is 1.00. The second-order valence-corrected chi connectivity index (χ2v) is 3.03. The van der Waals surface area contributed by atoms with Gasteiger partial charge in [-0.05, 0) is 6.42 Å². The summed E-state index contributed by atoms with van der Waals surface area (Å²) in [4.78, 5) is 8.25. The Morgan fingerprint density at radius 1 is 1.73 bits per heavy atom. The number of hydrogen-bond donors (Lipinski definition) is 2. The van der Waals surface area contributed by atoms with E-state index in [0.717, 1.165) is 0 Å². The summed E-state index contributed by atoms with van der Waals surface area (Å²) in [7, 11) is -2.58. The van der Waals surface area contributed by atoms with Crippen LogP contribution in [-0.2, 0) is 13.8 Å². The lowest BCUT2D eigenvalue weighted by Crippen LogP contribution is -2.25. The van der Waals surface area contributed by atoms with Gasteiger partial charge in [0.25, 0.3) is 0 Å². The molecule has 0 spiro atoms. The van der Waals surface area contributed by atoms with Gasteiger partial charge in [0, 0.05) is 11.2 Å². The van der Waals surface area contributed by atoms with Crippen molar-refractivity contribution in [1.29, 1.82) is 0 Å². The van der Waals surface area contributed by atoms with E-state index in [0.29, 0.717) is 13.0 Å². The van der Waals surface area contributed by atoms with Crippen molar-refractivity contribution in [3.05, 3.63) is 0 Å². The number of hydrogen-bond acceptors (Lipinski definition) is 4. The van der Waals surface area contributed by atoms with Crippen LogP contribution in [0.1, 0.15) is 6.42 Å². The maximum atomic E-state index is 10.1. The predicted molar refractivity (Wildman–Crippen MR) is 36.1 cm³/mol. The van der Waals surface area contributed by atoms with Crippen molar-refractivity contribution in [2.75, 3.05) is 13.2 Å². The highest BCUT2D eigenvalue weighted by Gasteiger charge is 2.29. The molecule has 0 radical (unpaired) electrons. The smallest absolute Gasteiger partial charge is 0.390 e. The van der Waals surface area contributed by atoms with E-state index in [1.165, 1.54) is 0 Å². The Labute approximate surface area is 64.9 Å². The fourth-order valence-electron chi connectivity index (χ4n) is 0.934. The van der Waals surface area contributed by atoms with E-state index in [1.54, 1.807) is 0 Å². The molecule has 3 atom stereocenters. The number of rotatable bonds is 3. The number of aliphatic hydroxyl groups is 1. The van der Waals surface area contributed by atoms with Gasteiger partial charge in [-0.15, -0.1) is 9.42 Å². The zero-order valence-corrected chi connectivity index (χ0v) is 6.74. The SMILES string of the molecule is O=[P+](O)OCC1OCC[C@H]1O. The Hall–Kier alpha value is -0.0600. The quantitative estimate of drug-likeness (QED) is 0.590. The van der Waals surface area contributed by atoms with E-state index in [1.807, 2.05) is 0 Å². The average molecular weight is 181 g/mol. The van der Waals surface area contributed by atoms with Crippen molar-refractivity contribution < 1.29 is 23.8 Å². The lowest BCUT2D eigenvalue weighted by Gasteiger charge is -2.07. The van der Waals surface area contributed by atoms with Gasteiger partial charge in [-0.3, -0.25) is 0 Å². The molecule has 0 saturated carbocycles. The maximum Gasteiger partial charge on any atom is 0.694 e. The first-order valence-electron chi connectivity index (χ1n) is 3.29. The van der Waals surface area contributed by atoms with Crippen LogP contribution in [0, 0.1) is 0 Å². The monoisotopic (exact) mass is 181 g/mol. The highest BCUT2D eigenvalue weighted by molar-refractivity contribution is 7.32. The third-order valence-electron chi connectivity index (χ3n) is 1.52. The van der Waals surface area contributed by atoms with Gasteiger partial charge in [-0.25, -0.2) is 0 Å². The first kappa shape index (κ1) is 9.03. The number of ether oxygens (including phenoxy) is 1. The van der Waals surface area contributed by atoms with Gasteiger partial charge in [-0.1, -0.05) is 0 Å². The first-order valence-corrected chi connectivity index (χ1v) is 4.42. The first-order chi connectivity index (χ1) is 5.20. The Morgan fingerprint density at radius 2 is 2.45 bits per heavy atom. The summed E-state index contributed by atoms with van der Waals surface area (Å²) in [5, 5.41) is 9.12. The standard InChI is InChI=1S/C5H9O5P/c6-4-1-2-9-5(4)3-10-11(7)8/h4-6H,1-3H2/p+1/t4-,5?/m1/s1. The Balaban J connectivity index is 2.20. The summed E-state index contributed by atoms with van der Waals surface area (Å²) in [6, 6.07) is 0. The van der Waals surface area contributed by atoms with Crippen LogP contribution in [0.3, 0.4) is 0 Å². The van der Waals surface area contributed by atoms with Gasteiger partial charge in [-0.2, -0.15) is 0 Å². The molecule has 1 saturated heterocycles. The molecule has 11 heavy (non-hydrogen) atoms. The van der Waals surface area contributed by atoms with Crippen molar-refractivity contribution in [2.45, 2.75) is 18.6 Å². The molecule has 1 aliphatic rings. The Bertz CT molecular complexity index is 150. The second kappa shape index (κ2) is 4.09. The summed E-state index contributed by atoms with van der Waals surface area (Å²) in [6.07, 6.45) is -0.443. The molecule has 0 bridgehead atoms. The number of aliphatic hydroxyl groups excluding tert-OH is 1. The highest BCUT2D eigenvalue weighted by Crippen LogP contribution is 2.20. The van der Waals surface area contributed by atoms with E-state index in [9.17, 15) is 4.57 Å². The van der Waals surface area contributed by atoms with Crippen molar-refractivity contribution in [3.8, 4) is 0 Å². The van der Waals surface area contributed by atoms with Crippen LogP contribution >= 0.6 is 8.25 Å². The lowest BCUT2D eigenvalue weighted by molar-refractivity contribution is 0.0104. The topological polar surface area (TPSA) is 76.0 Å². The molecule has 1 fully saturated rings. The summed E-state index contributed by atoms with van der Waals surface area (Å²) >= 11 is 0. The van der Waals surface area contributed by atoms with Crippen LogP contribution in [0.2, 0.25) is 0 Å². The highest BCUT2D eigenvalue weighted by atomic mass is 31.1. The fourth-order valence-corrected chi connectivity index (χ4v) is 1.21. The van der Waals surface area contributed by atoms with Crippen LogP contribution < -0.4 is 0 Å². The summed E-state index contributed by atoms with van der Waals surface area (Å²) in [5.41, 5.74) is 0. The molecule has 0 aromatic heterocycles. The van der Waals surface area contributed by atoms with Gasteiger partial charge >= 0.3 is 8.25 Å². The zero-order chi connectivity index (χ0) is 8.27. The molecule has 0 aromatic rings. The Morgan fingerprint density at radius 3 is 2.91 bits per heavy atom. The molecule has 6 heteroatoms. The minimum absolute atomic E-state index is 0.0210. The van der Waals surface area contributed by atoms with E-state index < -0.39 is 20.5 Å². The molecule has 0 aromatic carbocycles. The average Bonchev–Trinajstić information content (AvgIpc) is 2.31. The van der Waals surface area contributed by atoms with E-state index >= 15 is 0 Å². The van der Waals surface area contributed by atoms with Gasteiger partial charge in [0.15, 0.2) is 0 Å². The van der Waals surface area contributed by atoms with E-state index in [4.69, 9.17) is 14.7 Å². The van der Waals surface area contributed by atoms with Crippen LogP contribution in [0.25, 0.3) is 0 Å². The Kier molecular flexibility index (Phi) is 3.36. The van der Waals surface area contributed by atoms with Crippen LogP contribution in [0.15, 0.2) is 0 Å². The zero-order valence-electron chi connectivity index (χ0n) is 5.84. The molecule has 5 nitrogen and oxygen atoms in total. The van der Waals surface area contributed by atoms with Gasteiger partial charge in [0.2, 0.25) is 0 Å². The minimum atomic E-state index is -2.58. The van der Waals surface area contributed by atoms with E-state index in [2.05, 4.69) is 4.52 Å². The molecule has 0 aliphatic carbocycles. The molecule has 1 aliphatic heterocycles. The molecule has 2 N–H and O–H groups in total. The molecular weight excluding hydrogens is 171 g/mol. The molecule has 1 rings (SSSR count). The summed E-state index contributed by atoms with van der Waals surface area (Å²) < 4.78 is 19.4. The predicted octanol–water partition coefficient (Wildman–Crippen LogP) is -0.198. The molecular formula is C5H10O5P+. The van der Waals surface area contributed by atoms with Gasteiger partial charge < -0.3 is 9.84 Å². The van der Waals surface area contributed by atoms with Crippen LogP contribution in [0.5, 0.6) is 0 Å². The second-order valence-electron chi connectivity index (χ2n) is 2.30. The van der Waals surface area contributed by atoms with Crippen molar-refractivity contribution in [3.63, 3.8) is 0 Å². The third kappa shape index (κ3) is 2.81. The van der Waals surface area contributed by atoms with Gasteiger partial charge in [0.1, 0.15) is 12.7 Å². The lowest BCUT2D eigenvalue weighted by atomic mass is 10.2. The van der Waals surface area contributed by atoms with Crippen molar-refractivity contribution in [1.82, 2.24) is 0 Å². The normalized spacial score (nSPS) is 32.4.